The number of H-pyrrole nitrogens is 1. The third-order valence-electron chi connectivity index (χ3n) is 3.94. The van der Waals surface area contributed by atoms with Crippen LogP contribution in [-0.2, 0) is 40.0 Å². The minimum absolute atomic E-state index is 0. The Balaban J connectivity index is 0.000000418. The summed E-state index contributed by atoms with van der Waals surface area (Å²) >= 11 is 0. The Morgan fingerprint density at radius 2 is 1.74 bits per heavy atom. The molecule has 1 heterocycles. The Morgan fingerprint density at radius 3 is 2.22 bits per heavy atom. The van der Waals surface area contributed by atoms with Crippen LogP contribution in [0.25, 0.3) is 10.9 Å². The molecule has 1 nitrogen and oxygen atoms in total. The number of benzene rings is 1. The molecule has 1 N–H and O–H groups in total. The first kappa shape index (κ1) is 22.4. The summed E-state index contributed by atoms with van der Waals surface area (Å²) in [5.41, 5.74) is 5.75. The molecule has 120 valence electrons. The number of aryl methyl sites for hydroxylation is 2. The SMILES string of the molecule is CC(C)(C)c1[c-][nH]c2ccccc12.[Cl-].[Cl-].[Ti+4].c1cc2[c-](c1)CC2. The van der Waals surface area contributed by atoms with Crippen molar-refractivity contribution in [3.05, 3.63) is 65.4 Å². The molecule has 0 spiro atoms. The number of nitrogens with one attached hydrogen (secondary N) is 1. The van der Waals surface area contributed by atoms with Gasteiger partial charge in [0, 0.05) is 0 Å². The van der Waals surface area contributed by atoms with Gasteiger partial charge in [0.05, 0.1) is 0 Å². The van der Waals surface area contributed by atoms with Crippen LogP contribution in [0.4, 0.5) is 0 Å². The molecule has 23 heavy (non-hydrogen) atoms. The number of para-hydroxylation sites is 1. The van der Waals surface area contributed by atoms with E-state index in [0.29, 0.717) is 0 Å². The van der Waals surface area contributed by atoms with Crippen molar-refractivity contribution in [2.75, 3.05) is 0 Å². The number of aromatic nitrogens is 1. The molecule has 0 amide bonds. The van der Waals surface area contributed by atoms with Gasteiger partial charge in [-0.15, -0.1) is 29.4 Å². The van der Waals surface area contributed by atoms with Crippen molar-refractivity contribution in [2.24, 2.45) is 0 Å². The standard InChI is InChI=1S/C12H14N.C7H7.2ClH.Ti/c1-12(2,3)10-8-13-11-7-5-4-6-9(10)11;1-2-6-4-5-7(6)3-1;;;/h4-7,13H,1-3H3;1-3H,4-5H2;2*1H;/q2*-1;;;+4/p-2. The van der Waals surface area contributed by atoms with Crippen LogP contribution < -0.4 is 24.8 Å². The van der Waals surface area contributed by atoms with E-state index in [1.807, 2.05) is 6.07 Å². The average molecular weight is 382 g/mol. The quantitative estimate of drug-likeness (QED) is 0.371. The maximum atomic E-state index is 3.23. The molecule has 0 bridgehead atoms. The molecule has 0 saturated carbocycles. The van der Waals surface area contributed by atoms with Crippen LogP contribution in [0.2, 0.25) is 0 Å². The molecule has 0 saturated heterocycles. The molecular formula is C19H21Cl2NTi. The summed E-state index contributed by atoms with van der Waals surface area (Å²) < 4.78 is 0. The van der Waals surface area contributed by atoms with Gasteiger partial charge in [0.1, 0.15) is 0 Å². The van der Waals surface area contributed by atoms with Crippen molar-refractivity contribution in [1.29, 1.82) is 0 Å². The second kappa shape index (κ2) is 9.04. The van der Waals surface area contributed by atoms with Crippen LogP contribution in [-0.4, -0.2) is 4.98 Å². The number of fused-ring (bicyclic) bond motifs is 2. The fraction of sp³-hybridized carbons (Fsp3) is 0.316. The Hall–Kier alpha value is -0.596. The molecule has 0 unspecified atom stereocenters. The molecule has 0 fully saturated rings. The Bertz CT molecular complexity index is 704. The summed E-state index contributed by atoms with van der Waals surface area (Å²) in [7, 11) is 0. The average Bonchev–Trinajstić information content (AvgIpc) is 2.93. The minimum atomic E-state index is 0. The van der Waals surface area contributed by atoms with Crippen LogP contribution in [0.1, 0.15) is 37.5 Å². The summed E-state index contributed by atoms with van der Waals surface area (Å²) in [5.74, 6) is 0. The normalized spacial score (nSPS) is 11.6. The zero-order chi connectivity index (χ0) is 14.2. The Kier molecular flexibility index (Phi) is 8.80. The summed E-state index contributed by atoms with van der Waals surface area (Å²) in [4.78, 5) is 3.17. The van der Waals surface area contributed by atoms with Crippen LogP contribution in [0.5, 0.6) is 0 Å². The van der Waals surface area contributed by atoms with Gasteiger partial charge in [-0.3, -0.25) is 0 Å². The van der Waals surface area contributed by atoms with E-state index in [-0.39, 0.29) is 51.9 Å². The molecule has 0 atom stereocenters. The van der Waals surface area contributed by atoms with Gasteiger partial charge in [-0.25, -0.2) is 12.1 Å². The van der Waals surface area contributed by atoms with Gasteiger partial charge in [-0.1, -0.05) is 45.7 Å². The van der Waals surface area contributed by atoms with Crippen LogP contribution in [0.15, 0.2) is 42.5 Å². The van der Waals surface area contributed by atoms with Gasteiger partial charge in [0.15, 0.2) is 0 Å². The number of hydrogen-bond donors (Lipinski definition) is 1. The maximum absolute atomic E-state index is 3.23. The fourth-order valence-corrected chi connectivity index (χ4v) is 2.67. The zero-order valence-electron chi connectivity index (χ0n) is 13.7. The third-order valence-corrected chi connectivity index (χ3v) is 3.94. The molecule has 0 radical (unpaired) electrons. The molecule has 1 aliphatic carbocycles. The summed E-state index contributed by atoms with van der Waals surface area (Å²) in [6, 6.07) is 14.9. The first-order chi connectivity index (χ1) is 9.55. The van der Waals surface area contributed by atoms with Gasteiger partial charge < -0.3 is 29.8 Å². The second-order valence-electron chi connectivity index (χ2n) is 6.50. The van der Waals surface area contributed by atoms with Crippen molar-refractivity contribution in [3.8, 4) is 0 Å². The smallest absolute Gasteiger partial charge is 1.00 e. The van der Waals surface area contributed by atoms with Crippen molar-refractivity contribution < 1.29 is 46.5 Å². The van der Waals surface area contributed by atoms with E-state index in [0.717, 1.165) is 0 Å². The zero-order valence-corrected chi connectivity index (χ0v) is 16.8. The van der Waals surface area contributed by atoms with E-state index in [9.17, 15) is 0 Å². The number of hydrogen-bond acceptors (Lipinski definition) is 0. The number of halogens is 2. The maximum Gasteiger partial charge on any atom is 4.00 e. The second-order valence-corrected chi connectivity index (χ2v) is 6.50. The van der Waals surface area contributed by atoms with Crippen LogP contribution in [0, 0.1) is 6.20 Å². The number of aromatic amines is 1. The van der Waals surface area contributed by atoms with E-state index in [4.69, 9.17) is 0 Å². The van der Waals surface area contributed by atoms with E-state index < -0.39 is 0 Å². The van der Waals surface area contributed by atoms with Crippen molar-refractivity contribution in [3.63, 3.8) is 0 Å². The molecule has 4 heteroatoms. The van der Waals surface area contributed by atoms with Crippen molar-refractivity contribution >= 4 is 10.9 Å². The van der Waals surface area contributed by atoms with E-state index in [2.05, 4.69) is 68.4 Å². The van der Waals surface area contributed by atoms with Gasteiger partial charge in [0.25, 0.3) is 0 Å². The van der Waals surface area contributed by atoms with Crippen molar-refractivity contribution in [2.45, 2.75) is 39.0 Å². The molecule has 2 aromatic carbocycles. The van der Waals surface area contributed by atoms with Crippen LogP contribution in [0.3, 0.4) is 0 Å². The monoisotopic (exact) mass is 381 g/mol. The first-order valence-electron chi connectivity index (χ1n) is 7.28. The Labute approximate surface area is 166 Å². The summed E-state index contributed by atoms with van der Waals surface area (Å²) in [6.07, 6.45) is 5.87. The summed E-state index contributed by atoms with van der Waals surface area (Å²) in [6.45, 7) is 6.62. The summed E-state index contributed by atoms with van der Waals surface area (Å²) in [5, 5.41) is 1.29. The first-order valence-corrected chi connectivity index (χ1v) is 7.28. The van der Waals surface area contributed by atoms with E-state index in [1.165, 1.54) is 29.3 Å². The van der Waals surface area contributed by atoms with Crippen LogP contribution >= 0.6 is 0 Å². The van der Waals surface area contributed by atoms with Gasteiger partial charge in [0.2, 0.25) is 0 Å². The van der Waals surface area contributed by atoms with E-state index in [1.54, 1.807) is 11.1 Å². The minimum Gasteiger partial charge on any atom is -1.00 e. The van der Waals surface area contributed by atoms with Gasteiger partial charge in [-0.05, 0) is 5.41 Å². The van der Waals surface area contributed by atoms with E-state index >= 15 is 0 Å². The van der Waals surface area contributed by atoms with Crippen molar-refractivity contribution in [1.82, 2.24) is 4.98 Å². The third kappa shape index (κ3) is 4.94. The fourth-order valence-electron chi connectivity index (χ4n) is 2.67. The van der Waals surface area contributed by atoms with Gasteiger partial charge in [-0.2, -0.15) is 22.6 Å². The molecular weight excluding hydrogens is 361 g/mol. The predicted molar refractivity (Wildman–Crippen MR) is 85.3 cm³/mol. The Morgan fingerprint density at radius 1 is 1.04 bits per heavy atom. The predicted octanol–water partition coefficient (Wildman–Crippen LogP) is -1.22. The molecule has 1 aliphatic rings. The molecule has 0 aliphatic heterocycles. The van der Waals surface area contributed by atoms with Gasteiger partial charge >= 0.3 is 21.7 Å². The number of rotatable bonds is 0. The molecule has 3 aromatic rings. The largest absolute Gasteiger partial charge is 4.00 e. The molecule has 1 aromatic heterocycles. The molecule has 4 rings (SSSR count). The topological polar surface area (TPSA) is 15.8 Å².